The van der Waals surface area contributed by atoms with Crippen molar-refractivity contribution >= 4 is 46.9 Å². The van der Waals surface area contributed by atoms with Crippen molar-refractivity contribution in [1.29, 1.82) is 0 Å². The standard InChI is InChI=1S/C22H22ClN3O2S/c1-24-9-11-25(12-10-24)21(27)15-26-18-7-2-3-8-19(18)29-20(22(26)28)14-16-5-4-6-17(23)13-16/h2-8,13-14H,9-12,15H2,1H3/b20-14-. The van der Waals surface area contributed by atoms with Crippen LogP contribution >= 0.6 is 23.4 Å². The van der Waals surface area contributed by atoms with Crippen LogP contribution in [0.4, 0.5) is 5.69 Å². The smallest absolute Gasteiger partial charge is 0.265 e. The highest BCUT2D eigenvalue weighted by molar-refractivity contribution is 8.04. The van der Waals surface area contributed by atoms with E-state index in [1.807, 2.05) is 53.4 Å². The molecular weight excluding hydrogens is 406 g/mol. The number of carbonyl (C=O) groups is 2. The molecule has 0 atom stereocenters. The number of piperazine rings is 1. The zero-order valence-corrected chi connectivity index (χ0v) is 17.7. The summed E-state index contributed by atoms with van der Waals surface area (Å²) >= 11 is 7.52. The summed E-state index contributed by atoms with van der Waals surface area (Å²) in [4.78, 5) is 33.4. The van der Waals surface area contributed by atoms with Crippen LogP contribution in [0.2, 0.25) is 5.02 Å². The minimum atomic E-state index is -0.156. The number of fused-ring (bicyclic) bond motifs is 1. The summed E-state index contributed by atoms with van der Waals surface area (Å²) in [5, 5.41) is 0.620. The fourth-order valence-corrected chi connectivity index (χ4v) is 4.72. The predicted molar refractivity (Wildman–Crippen MR) is 118 cm³/mol. The number of rotatable bonds is 3. The monoisotopic (exact) mass is 427 g/mol. The van der Waals surface area contributed by atoms with Crippen LogP contribution in [0, 0.1) is 0 Å². The molecule has 150 valence electrons. The van der Waals surface area contributed by atoms with Crippen LogP contribution in [0.3, 0.4) is 0 Å². The van der Waals surface area contributed by atoms with Gasteiger partial charge in [-0.05, 0) is 43.0 Å². The lowest BCUT2D eigenvalue weighted by atomic mass is 10.2. The number of nitrogens with zero attached hydrogens (tertiary/aromatic N) is 3. The minimum absolute atomic E-state index is 0.0183. The second-order valence-electron chi connectivity index (χ2n) is 7.21. The Bertz CT molecular complexity index is 970. The first-order valence-corrected chi connectivity index (χ1v) is 10.7. The van der Waals surface area contributed by atoms with E-state index < -0.39 is 0 Å². The Balaban J connectivity index is 1.61. The third-order valence-electron chi connectivity index (χ3n) is 5.13. The number of benzene rings is 2. The molecule has 2 amide bonds. The number of thioether (sulfide) groups is 1. The van der Waals surface area contributed by atoms with Crippen molar-refractivity contribution in [2.24, 2.45) is 0 Å². The third kappa shape index (κ3) is 4.50. The van der Waals surface area contributed by atoms with Gasteiger partial charge in [-0.3, -0.25) is 14.5 Å². The lowest BCUT2D eigenvalue weighted by Crippen LogP contribution is -2.51. The van der Waals surface area contributed by atoms with E-state index >= 15 is 0 Å². The van der Waals surface area contributed by atoms with Crippen LogP contribution in [-0.2, 0) is 9.59 Å². The fourth-order valence-electron chi connectivity index (χ4n) is 3.46. The second-order valence-corrected chi connectivity index (χ2v) is 8.73. The molecule has 1 fully saturated rings. The molecule has 0 radical (unpaired) electrons. The molecule has 0 aliphatic carbocycles. The lowest BCUT2D eigenvalue weighted by Gasteiger charge is -2.35. The molecular formula is C22H22ClN3O2S. The summed E-state index contributed by atoms with van der Waals surface area (Å²) < 4.78 is 0. The maximum atomic E-state index is 13.3. The Morgan fingerprint density at radius 1 is 1.10 bits per heavy atom. The van der Waals surface area contributed by atoms with Gasteiger partial charge >= 0.3 is 0 Å². The summed E-state index contributed by atoms with van der Waals surface area (Å²) in [6, 6.07) is 15.1. The van der Waals surface area contributed by atoms with E-state index in [0.29, 0.717) is 23.0 Å². The van der Waals surface area contributed by atoms with Crippen molar-refractivity contribution in [3.05, 3.63) is 64.0 Å². The molecule has 0 bridgehead atoms. The van der Waals surface area contributed by atoms with E-state index in [9.17, 15) is 9.59 Å². The van der Waals surface area contributed by atoms with Gasteiger partial charge in [0.05, 0.1) is 10.6 Å². The van der Waals surface area contributed by atoms with Crippen molar-refractivity contribution in [2.45, 2.75) is 4.90 Å². The number of halogens is 1. The average Bonchev–Trinajstić information content (AvgIpc) is 2.71. The number of likely N-dealkylation sites (N-methyl/N-ethyl adjacent to an activating group) is 1. The number of carbonyl (C=O) groups excluding carboxylic acids is 2. The first-order chi connectivity index (χ1) is 14.0. The van der Waals surface area contributed by atoms with Gasteiger partial charge in [-0.15, -0.1) is 0 Å². The van der Waals surface area contributed by atoms with Gasteiger partial charge in [-0.1, -0.05) is 47.6 Å². The molecule has 2 aromatic carbocycles. The predicted octanol–water partition coefficient (Wildman–Crippen LogP) is 3.59. The van der Waals surface area contributed by atoms with E-state index in [4.69, 9.17) is 11.6 Å². The summed E-state index contributed by atoms with van der Waals surface area (Å²) in [5.41, 5.74) is 1.64. The van der Waals surface area contributed by atoms with Crippen LogP contribution in [0.5, 0.6) is 0 Å². The quantitative estimate of drug-likeness (QED) is 0.702. The Morgan fingerprint density at radius 2 is 1.86 bits per heavy atom. The minimum Gasteiger partial charge on any atom is -0.339 e. The molecule has 2 heterocycles. The molecule has 2 aliphatic heterocycles. The Labute approximate surface area is 179 Å². The SMILES string of the molecule is CN1CCN(C(=O)CN2C(=O)/C(=C/c3cccc(Cl)c3)Sc3ccccc32)CC1. The molecule has 0 spiro atoms. The molecule has 2 aliphatic rings. The molecule has 7 heteroatoms. The number of anilines is 1. The largest absolute Gasteiger partial charge is 0.339 e. The summed E-state index contributed by atoms with van der Waals surface area (Å²) in [6.07, 6.45) is 1.84. The maximum absolute atomic E-state index is 13.3. The molecule has 2 aromatic rings. The van der Waals surface area contributed by atoms with Gasteiger partial charge in [-0.25, -0.2) is 0 Å². The fraction of sp³-hybridized carbons (Fsp3) is 0.273. The van der Waals surface area contributed by atoms with Crippen LogP contribution in [0.1, 0.15) is 5.56 Å². The Hall–Kier alpha value is -2.28. The molecule has 0 saturated carbocycles. The highest BCUT2D eigenvalue weighted by Crippen LogP contribution is 2.42. The van der Waals surface area contributed by atoms with Gasteiger partial charge in [0, 0.05) is 36.1 Å². The van der Waals surface area contributed by atoms with Crippen LogP contribution in [0.15, 0.2) is 58.3 Å². The third-order valence-corrected chi connectivity index (χ3v) is 6.44. The molecule has 0 N–H and O–H groups in total. The summed E-state index contributed by atoms with van der Waals surface area (Å²) in [6.45, 7) is 3.14. The van der Waals surface area contributed by atoms with E-state index in [1.165, 1.54) is 11.8 Å². The van der Waals surface area contributed by atoms with E-state index in [-0.39, 0.29) is 18.4 Å². The second kappa shape index (κ2) is 8.61. The molecule has 0 aromatic heterocycles. The van der Waals surface area contributed by atoms with Gasteiger partial charge < -0.3 is 9.80 Å². The van der Waals surface area contributed by atoms with Gasteiger partial charge in [0.15, 0.2) is 0 Å². The Kier molecular flexibility index (Phi) is 5.94. The number of para-hydroxylation sites is 1. The van der Waals surface area contributed by atoms with Crippen molar-refractivity contribution in [3.63, 3.8) is 0 Å². The molecule has 0 unspecified atom stereocenters. The topological polar surface area (TPSA) is 43.9 Å². The van der Waals surface area contributed by atoms with Gasteiger partial charge in [0.25, 0.3) is 5.91 Å². The number of hydrogen-bond donors (Lipinski definition) is 0. The molecule has 4 rings (SSSR count). The lowest BCUT2D eigenvalue weighted by molar-refractivity contribution is -0.132. The average molecular weight is 428 g/mol. The van der Waals surface area contributed by atoms with Crippen molar-refractivity contribution < 1.29 is 9.59 Å². The number of hydrogen-bond acceptors (Lipinski definition) is 4. The van der Waals surface area contributed by atoms with E-state index in [0.717, 1.165) is 29.2 Å². The highest BCUT2D eigenvalue weighted by Gasteiger charge is 2.32. The van der Waals surface area contributed by atoms with Crippen LogP contribution in [-0.4, -0.2) is 61.4 Å². The van der Waals surface area contributed by atoms with E-state index in [2.05, 4.69) is 11.9 Å². The van der Waals surface area contributed by atoms with Gasteiger partial charge in [0.1, 0.15) is 6.54 Å². The maximum Gasteiger partial charge on any atom is 0.265 e. The molecule has 5 nitrogen and oxygen atoms in total. The first-order valence-electron chi connectivity index (χ1n) is 9.53. The normalized spacial score (nSPS) is 18.8. The molecule has 1 saturated heterocycles. The molecule has 29 heavy (non-hydrogen) atoms. The van der Waals surface area contributed by atoms with Gasteiger partial charge in [0.2, 0.25) is 5.91 Å². The zero-order valence-electron chi connectivity index (χ0n) is 16.2. The van der Waals surface area contributed by atoms with Crippen LogP contribution < -0.4 is 4.90 Å². The summed E-state index contributed by atoms with van der Waals surface area (Å²) in [7, 11) is 2.05. The summed E-state index contributed by atoms with van der Waals surface area (Å²) in [5.74, 6) is -0.175. The highest BCUT2D eigenvalue weighted by atomic mass is 35.5. The van der Waals surface area contributed by atoms with Crippen molar-refractivity contribution in [1.82, 2.24) is 9.80 Å². The van der Waals surface area contributed by atoms with Gasteiger partial charge in [-0.2, -0.15) is 0 Å². The van der Waals surface area contributed by atoms with Crippen molar-refractivity contribution in [2.75, 3.05) is 44.7 Å². The van der Waals surface area contributed by atoms with Crippen LogP contribution in [0.25, 0.3) is 6.08 Å². The Morgan fingerprint density at radius 3 is 2.62 bits per heavy atom. The van der Waals surface area contributed by atoms with Crippen molar-refractivity contribution in [3.8, 4) is 0 Å². The first kappa shape index (κ1) is 20.0. The number of amides is 2. The van der Waals surface area contributed by atoms with E-state index in [1.54, 1.807) is 11.0 Å². The zero-order chi connectivity index (χ0) is 20.4.